The largest absolute Gasteiger partial charge is 0.288 e. The van der Waals surface area contributed by atoms with Crippen LogP contribution in [0.5, 0.6) is 0 Å². The van der Waals surface area contributed by atoms with Gasteiger partial charge in [-0.2, -0.15) is 5.10 Å². The van der Waals surface area contributed by atoms with Crippen LogP contribution in [0.2, 0.25) is 5.02 Å². The second-order valence-corrected chi connectivity index (χ2v) is 6.14. The van der Waals surface area contributed by atoms with E-state index in [1.807, 2.05) is 37.3 Å². The van der Waals surface area contributed by atoms with Crippen LogP contribution in [0.25, 0.3) is 0 Å². The molecule has 3 rings (SSSR count). The van der Waals surface area contributed by atoms with E-state index in [-0.39, 0.29) is 24.3 Å². The summed E-state index contributed by atoms with van der Waals surface area (Å²) in [5.74, 6) is -0.122. The van der Waals surface area contributed by atoms with Gasteiger partial charge in [0.05, 0.1) is 11.4 Å². The second-order valence-electron chi connectivity index (χ2n) is 5.73. The molecule has 1 aliphatic carbocycles. The molecule has 1 unspecified atom stereocenters. The number of hydrazone groups is 1. The summed E-state index contributed by atoms with van der Waals surface area (Å²) in [6.45, 7) is 2.02. The summed E-state index contributed by atoms with van der Waals surface area (Å²) in [6.07, 6.45) is 3.26. The summed E-state index contributed by atoms with van der Waals surface area (Å²) >= 11 is 6.36. The number of pyridine rings is 1. The van der Waals surface area contributed by atoms with Crippen LogP contribution in [0.15, 0.2) is 41.6 Å². The third kappa shape index (κ3) is 4.10. The fourth-order valence-corrected chi connectivity index (χ4v) is 3.37. The molecule has 1 atom stereocenters. The Morgan fingerprint density at radius 3 is 2.80 bits per heavy atom. The quantitative estimate of drug-likeness (QED) is 0.365. The normalized spacial score (nSPS) is 17.4. The van der Waals surface area contributed by atoms with Crippen molar-refractivity contribution in [1.29, 1.82) is 5.41 Å². The van der Waals surface area contributed by atoms with E-state index in [1.165, 1.54) is 0 Å². The average molecular weight is 380 g/mol. The van der Waals surface area contributed by atoms with Crippen LogP contribution in [0.3, 0.4) is 0 Å². The van der Waals surface area contributed by atoms with Gasteiger partial charge in [0.1, 0.15) is 0 Å². The molecule has 1 aromatic heterocycles. The molecular formula is C17H19Cl2N5O. The van der Waals surface area contributed by atoms with Gasteiger partial charge in [-0.1, -0.05) is 29.8 Å². The van der Waals surface area contributed by atoms with Crippen LogP contribution in [-0.4, -0.2) is 21.9 Å². The van der Waals surface area contributed by atoms with Gasteiger partial charge >= 0.3 is 0 Å². The molecule has 4 N–H and O–H groups in total. The highest BCUT2D eigenvalue weighted by Crippen LogP contribution is 2.36. The van der Waals surface area contributed by atoms with Gasteiger partial charge in [-0.3, -0.25) is 15.6 Å². The van der Waals surface area contributed by atoms with Gasteiger partial charge in [-0.25, -0.2) is 10.9 Å². The summed E-state index contributed by atoms with van der Waals surface area (Å²) in [4.78, 5) is 4.51. The van der Waals surface area contributed by atoms with Crippen molar-refractivity contribution in [3.05, 3.63) is 63.9 Å². The molecule has 0 saturated heterocycles. The Morgan fingerprint density at radius 1 is 1.32 bits per heavy atom. The van der Waals surface area contributed by atoms with Crippen LogP contribution >= 0.6 is 24.0 Å². The molecule has 25 heavy (non-hydrogen) atoms. The van der Waals surface area contributed by atoms with Crippen molar-refractivity contribution in [1.82, 2.24) is 15.9 Å². The highest BCUT2D eigenvalue weighted by molar-refractivity contribution is 6.31. The molecule has 0 aliphatic heterocycles. The van der Waals surface area contributed by atoms with Crippen molar-refractivity contribution in [2.75, 3.05) is 0 Å². The van der Waals surface area contributed by atoms with Crippen molar-refractivity contribution >= 4 is 35.7 Å². The van der Waals surface area contributed by atoms with E-state index in [2.05, 4.69) is 15.5 Å². The third-order valence-corrected chi connectivity index (χ3v) is 4.51. The maximum Gasteiger partial charge on any atom is 0.233 e. The van der Waals surface area contributed by atoms with Crippen molar-refractivity contribution in [2.24, 2.45) is 5.10 Å². The number of fused-ring (bicyclic) bond motifs is 1. The van der Waals surface area contributed by atoms with Gasteiger partial charge in [0.15, 0.2) is 0 Å². The topological polar surface area (TPSA) is 93.4 Å². The van der Waals surface area contributed by atoms with Crippen molar-refractivity contribution < 1.29 is 5.21 Å². The molecule has 1 aromatic carbocycles. The summed E-state index contributed by atoms with van der Waals surface area (Å²) in [7, 11) is 0. The van der Waals surface area contributed by atoms with E-state index in [4.69, 9.17) is 22.2 Å². The minimum atomic E-state index is -0.287. The lowest BCUT2D eigenvalue weighted by atomic mass is 9.80. The first-order chi connectivity index (χ1) is 11.6. The number of hydrogen-bond donors (Lipinski definition) is 4. The number of halogens is 2. The van der Waals surface area contributed by atoms with E-state index < -0.39 is 0 Å². The summed E-state index contributed by atoms with van der Waals surface area (Å²) < 4.78 is 0. The van der Waals surface area contributed by atoms with Crippen LogP contribution in [-0.2, 0) is 6.42 Å². The molecule has 0 saturated carbocycles. The van der Waals surface area contributed by atoms with E-state index in [0.29, 0.717) is 6.42 Å². The van der Waals surface area contributed by atoms with Crippen molar-refractivity contribution in [3.63, 3.8) is 0 Å². The Bertz CT molecular complexity index is 809. The third-order valence-electron chi connectivity index (χ3n) is 4.17. The van der Waals surface area contributed by atoms with E-state index in [1.54, 1.807) is 11.7 Å². The summed E-state index contributed by atoms with van der Waals surface area (Å²) in [5.41, 5.74) is 9.15. The fourth-order valence-electron chi connectivity index (χ4n) is 3.08. The number of nitrogens with one attached hydrogen (secondary N) is 3. The Kier molecular flexibility index (Phi) is 6.36. The Balaban J connectivity index is 0.00000225. The summed E-state index contributed by atoms with van der Waals surface area (Å²) in [6, 6.07) is 9.74. The molecule has 0 spiro atoms. The second kappa shape index (κ2) is 8.29. The van der Waals surface area contributed by atoms with Gasteiger partial charge in [0.2, 0.25) is 5.96 Å². The van der Waals surface area contributed by atoms with Crippen molar-refractivity contribution in [3.8, 4) is 0 Å². The van der Waals surface area contributed by atoms with Crippen LogP contribution in [0, 0.1) is 12.3 Å². The molecule has 6 nitrogen and oxygen atoms in total. The highest BCUT2D eigenvalue weighted by Gasteiger charge is 2.28. The molecule has 0 radical (unpaired) electrons. The molecular weight excluding hydrogens is 361 g/mol. The molecule has 0 amide bonds. The number of aromatic nitrogens is 1. The maximum atomic E-state index is 8.74. The first-order valence-electron chi connectivity index (χ1n) is 7.60. The monoisotopic (exact) mass is 379 g/mol. The van der Waals surface area contributed by atoms with Gasteiger partial charge in [-0.15, -0.1) is 12.4 Å². The Morgan fingerprint density at radius 2 is 2.08 bits per heavy atom. The Labute approximate surface area is 157 Å². The molecule has 0 bridgehead atoms. The lowest BCUT2D eigenvalue weighted by Gasteiger charge is -2.27. The molecule has 1 heterocycles. The predicted molar refractivity (Wildman–Crippen MR) is 101 cm³/mol. The number of hydroxylamine groups is 1. The smallest absolute Gasteiger partial charge is 0.233 e. The molecule has 1 aliphatic rings. The van der Waals surface area contributed by atoms with E-state index >= 15 is 0 Å². The highest BCUT2D eigenvalue weighted by atomic mass is 35.5. The van der Waals surface area contributed by atoms with Crippen LogP contribution in [0.1, 0.15) is 34.7 Å². The van der Waals surface area contributed by atoms with E-state index in [0.717, 1.165) is 39.5 Å². The van der Waals surface area contributed by atoms with Crippen LogP contribution < -0.4 is 10.9 Å². The number of nitrogens with zero attached hydrogens (tertiary/aromatic N) is 2. The minimum absolute atomic E-state index is 0. The van der Waals surface area contributed by atoms with Gasteiger partial charge in [-0.05, 0) is 48.9 Å². The first-order valence-corrected chi connectivity index (χ1v) is 7.98. The fraction of sp³-hybridized carbons (Fsp3) is 0.235. The number of hydrogen-bond acceptors (Lipinski definition) is 4. The van der Waals surface area contributed by atoms with Crippen LogP contribution in [0.4, 0.5) is 0 Å². The number of guanidine groups is 1. The van der Waals surface area contributed by atoms with Crippen molar-refractivity contribution in [2.45, 2.75) is 25.7 Å². The molecule has 8 heteroatoms. The zero-order chi connectivity index (χ0) is 17.1. The van der Waals surface area contributed by atoms with Gasteiger partial charge in [0, 0.05) is 16.8 Å². The number of aryl methyl sites for hydroxylation is 1. The lowest BCUT2D eigenvalue weighted by molar-refractivity contribution is 0.228. The number of rotatable bonds is 2. The Hall–Kier alpha value is -2.15. The molecule has 132 valence electrons. The van der Waals surface area contributed by atoms with Gasteiger partial charge in [0.25, 0.3) is 0 Å². The minimum Gasteiger partial charge on any atom is -0.288 e. The van der Waals surface area contributed by atoms with E-state index in [9.17, 15) is 0 Å². The van der Waals surface area contributed by atoms with Gasteiger partial charge < -0.3 is 0 Å². The average Bonchev–Trinajstić information content (AvgIpc) is 2.59. The standard InChI is InChI=1S/C17H18ClN5O.ClH/c1-10-6-7-20-14-8-11(12-4-2-3-5-13(12)18)9-15(16(10)14)21-22-17(19)23-24;/h2-7,11,24H,8-9H2,1H3,(H3,19,22,23);1H/b21-15-;. The molecule has 0 fully saturated rings. The number of benzene rings is 1. The lowest BCUT2D eigenvalue weighted by Crippen LogP contribution is -2.32. The summed E-state index contributed by atoms with van der Waals surface area (Å²) in [5, 5.41) is 21.2. The predicted octanol–water partition coefficient (Wildman–Crippen LogP) is 3.40. The maximum absolute atomic E-state index is 8.74. The first kappa shape index (κ1) is 19.2. The SMILES string of the molecule is Cc1ccnc2c1/C(=N\NC(=N)NO)CC(c1ccccc1Cl)C2.Cl. The molecule has 2 aromatic rings. The zero-order valence-corrected chi connectivity index (χ0v) is 15.2. The zero-order valence-electron chi connectivity index (χ0n) is 13.6.